The summed E-state index contributed by atoms with van der Waals surface area (Å²) < 4.78 is 5.16. The molecule has 176 valence electrons. The molecule has 2 atom stereocenters. The maximum Gasteiger partial charge on any atom is 0.342 e. The second kappa shape index (κ2) is 11.7. The molecule has 8 nitrogen and oxygen atoms in total. The maximum atomic E-state index is 13.4. The number of unbranched alkanes of at least 4 members (excludes halogenated alkanes) is 1. The Morgan fingerprint density at radius 2 is 1.94 bits per heavy atom. The van der Waals surface area contributed by atoms with Gasteiger partial charge in [0.2, 0.25) is 5.91 Å². The normalized spacial score (nSPS) is 17.1. The lowest BCUT2D eigenvalue weighted by molar-refractivity contribution is -0.140. The molecule has 2 rings (SSSR count). The third-order valence-corrected chi connectivity index (χ3v) is 5.89. The number of hydrogen-bond acceptors (Lipinski definition) is 6. The molecule has 1 aliphatic heterocycles. The van der Waals surface area contributed by atoms with Crippen molar-refractivity contribution in [2.24, 2.45) is 5.92 Å². The van der Waals surface area contributed by atoms with E-state index in [-0.39, 0.29) is 41.6 Å². The van der Waals surface area contributed by atoms with Gasteiger partial charge in [-0.1, -0.05) is 39.3 Å². The minimum absolute atomic E-state index is 0.0260. The smallest absolute Gasteiger partial charge is 0.342 e. The number of carbonyl (C=O) groups is 3. The van der Waals surface area contributed by atoms with E-state index in [4.69, 9.17) is 4.74 Å². The summed E-state index contributed by atoms with van der Waals surface area (Å²) in [4.78, 5) is 51.1. The zero-order valence-corrected chi connectivity index (χ0v) is 20.0. The molecular formula is C24H36N4O4. The number of amides is 2. The van der Waals surface area contributed by atoms with Crippen LogP contribution in [0.5, 0.6) is 0 Å². The van der Waals surface area contributed by atoms with E-state index in [1.807, 2.05) is 11.8 Å². The van der Waals surface area contributed by atoms with Crippen LogP contribution in [0.4, 0.5) is 0 Å². The van der Waals surface area contributed by atoms with Crippen molar-refractivity contribution >= 4 is 17.8 Å². The first kappa shape index (κ1) is 25.5. The Morgan fingerprint density at radius 3 is 2.53 bits per heavy atom. The van der Waals surface area contributed by atoms with Crippen LogP contribution in [-0.4, -0.2) is 69.8 Å². The van der Waals surface area contributed by atoms with Crippen LogP contribution in [0.25, 0.3) is 0 Å². The predicted molar refractivity (Wildman–Crippen MR) is 122 cm³/mol. The van der Waals surface area contributed by atoms with Crippen LogP contribution in [-0.2, 0) is 9.53 Å². The highest BCUT2D eigenvalue weighted by Gasteiger charge is 2.35. The standard InChI is InChI=1S/C24H36N4O4/c1-7-10-11-19(9-3)22(29)28-13-12-27(15-16(28)4)23(30)21-20(24(31)32-14-8-2)17(5)25-18(6)26-21/h8,16,19H,2,7,9-15H2,1,3-6H3. The Hall–Kier alpha value is -2.77. The van der Waals surface area contributed by atoms with Gasteiger partial charge in [-0.25, -0.2) is 14.8 Å². The van der Waals surface area contributed by atoms with Crippen LogP contribution in [0, 0.1) is 19.8 Å². The van der Waals surface area contributed by atoms with Crippen molar-refractivity contribution in [2.45, 2.75) is 66.3 Å². The predicted octanol–water partition coefficient (Wildman–Crippen LogP) is 3.33. The molecule has 1 aromatic rings. The van der Waals surface area contributed by atoms with Crippen LogP contribution >= 0.6 is 0 Å². The molecule has 0 spiro atoms. The highest BCUT2D eigenvalue weighted by atomic mass is 16.5. The van der Waals surface area contributed by atoms with Crippen LogP contribution in [0.3, 0.4) is 0 Å². The van der Waals surface area contributed by atoms with E-state index < -0.39 is 5.97 Å². The van der Waals surface area contributed by atoms with Crippen molar-refractivity contribution in [3.63, 3.8) is 0 Å². The molecule has 8 heteroatoms. The van der Waals surface area contributed by atoms with Crippen molar-refractivity contribution in [3.05, 3.63) is 35.4 Å². The lowest BCUT2D eigenvalue weighted by atomic mass is 9.96. The number of piperazine rings is 1. The summed E-state index contributed by atoms with van der Waals surface area (Å²) in [7, 11) is 0. The molecule has 1 saturated heterocycles. The van der Waals surface area contributed by atoms with Gasteiger partial charge >= 0.3 is 5.97 Å². The van der Waals surface area contributed by atoms with Crippen LogP contribution in [0.1, 0.15) is 78.8 Å². The second-order valence-corrected chi connectivity index (χ2v) is 8.35. The van der Waals surface area contributed by atoms with Gasteiger partial charge in [-0.05, 0) is 33.6 Å². The number of aryl methyl sites for hydroxylation is 2. The summed E-state index contributed by atoms with van der Waals surface area (Å²) in [5.41, 5.74) is 0.531. The van der Waals surface area contributed by atoms with E-state index in [2.05, 4.69) is 30.4 Å². The summed E-state index contributed by atoms with van der Waals surface area (Å²) in [6.45, 7) is 14.3. The number of aromatic nitrogens is 2. The number of rotatable bonds is 9. The van der Waals surface area contributed by atoms with Gasteiger partial charge < -0.3 is 14.5 Å². The second-order valence-electron chi connectivity index (χ2n) is 8.35. The monoisotopic (exact) mass is 444 g/mol. The summed E-state index contributed by atoms with van der Waals surface area (Å²) >= 11 is 0. The number of carbonyl (C=O) groups excluding carboxylic acids is 3. The quantitative estimate of drug-likeness (QED) is 0.428. The molecule has 1 fully saturated rings. The molecule has 0 N–H and O–H groups in total. The lowest BCUT2D eigenvalue weighted by Crippen LogP contribution is -2.56. The Bertz CT molecular complexity index is 855. The van der Waals surface area contributed by atoms with Gasteiger partial charge in [-0.15, -0.1) is 0 Å². The van der Waals surface area contributed by atoms with Gasteiger partial charge in [0.1, 0.15) is 23.7 Å². The molecule has 2 unspecified atom stereocenters. The molecule has 1 aromatic heterocycles. The fourth-order valence-electron chi connectivity index (χ4n) is 4.13. The van der Waals surface area contributed by atoms with Gasteiger partial charge in [-0.2, -0.15) is 0 Å². The van der Waals surface area contributed by atoms with Gasteiger partial charge in [0.15, 0.2) is 0 Å². The Balaban J connectivity index is 2.20. The summed E-state index contributed by atoms with van der Waals surface area (Å²) in [5.74, 6) is -0.383. The zero-order chi connectivity index (χ0) is 23.8. The van der Waals surface area contributed by atoms with Crippen molar-refractivity contribution in [2.75, 3.05) is 26.2 Å². The lowest BCUT2D eigenvalue weighted by Gasteiger charge is -2.41. The average Bonchev–Trinajstić information content (AvgIpc) is 2.76. The van der Waals surface area contributed by atoms with Crippen molar-refractivity contribution in [3.8, 4) is 0 Å². The first-order valence-corrected chi connectivity index (χ1v) is 11.5. The number of nitrogens with zero attached hydrogens (tertiary/aromatic N) is 4. The number of ether oxygens (including phenoxy) is 1. The van der Waals surface area contributed by atoms with E-state index in [0.717, 1.165) is 25.7 Å². The maximum absolute atomic E-state index is 13.4. The van der Waals surface area contributed by atoms with E-state index >= 15 is 0 Å². The molecule has 0 bridgehead atoms. The van der Waals surface area contributed by atoms with E-state index in [1.165, 1.54) is 6.08 Å². The topological polar surface area (TPSA) is 92.7 Å². The molecule has 0 saturated carbocycles. The number of hydrogen-bond donors (Lipinski definition) is 0. The van der Waals surface area contributed by atoms with Crippen LogP contribution in [0.2, 0.25) is 0 Å². The van der Waals surface area contributed by atoms with Crippen LogP contribution in [0.15, 0.2) is 12.7 Å². The molecule has 0 radical (unpaired) electrons. The van der Waals surface area contributed by atoms with Gasteiger partial charge in [0, 0.05) is 31.6 Å². The fraction of sp³-hybridized carbons (Fsp3) is 0.625. The minimum atomic E-state index is -0.644. The molecule has 2 heterocycles. The highest BCUT2D eigenvalue weighted by Crippen LogP contribution is 2.22. The fourth-order valence-corrected chi connectivity index (χ4v) is 4.13. The minimum Gasteiger partial charge on any atom is -0.458 e. The third-order valence-electron chi connectivity index (χ3n) is 5.89. The van der Waals surface area contributed by atoms with E-state index in [1.54, 1.807) is 18.7 Å². The van der Waals surface area contributed by atoms with Gasteiger partial charge in [0.05, 0.1) is 5.69 Å². The summed E-state index contributed by atoms with van der Waals surface area (Å²) in [6, 6.07) is -0.115. The van der Waals surface area contributed by atoms with Gasteiger partial charge in [0.25, 0.3) is 5.91 Å². The van der Waals surface area contributed by atoms with Crippen molar-refractivity contribution < 1.29 is 19.1 Å². The molecule has 1 aliphatic rings. The van der Waals surface area contributed by atoms with E-state index in [9.17, 15) is 14.4 Å². The van der Waals surface area contributed by atoms with Crippen molar-refractivity contribution in [1.82, 2.24) is 19.8 Å². The Labute approximate surface area is 191 Å². The SMILES string of the molecule is C=CCOC(=O)c1c(C)nc(C)nc1C(=O)N1CCN(C(=O)C(CC)CCCC)C(C)C1. The molecule has 0 aromatic carbocycles. The molecular weight excluding hydrogens is 408 g/mol. The van der Waals surface area contributed by atoms with Gasteiger partial charge in [-0.3, -0.25) is 9.59 Å². The van der Waals surface area contributed by atoms with E-state index in [0.29, 0.717) is 31.2 Å². The Kier molecular flexibility index (Phi) is 9.35. The first-order valence-electron chi connectivity index (χ1n) is 11.5. The van der Waals surface area contributed by atoms with Crippen molar-refractivity contribution in [1.29, 1.82) is 0 Å². The summed E-state index contributed by atoms with van der Waals surface area (Å²) in [5, 5.41) is 0. The molecule has 0 aliphatic carbocycles. The first-order chi connectivity index (χ1) is 15.2. The third kappa shape index (κ3) is 5.93. The number of esters is 1. The van der Waals surface area contributed by atoms with Crippen LogP contribution < -0.4 is 0 Å². The zero-order valence-electron chi connectivity index (χ0n) is 20.0. The summed E-state index contributed by atoms with van der Waals surface area (Å²) in [6.07, 6.45) is 5.28. The molecule has 2 amide bonds. The Morgan fingerprint density at radius 1 is 1.22 bits per heavy atom. The highest BCUT2D eigenvalue weighted by molar-refractivity contribution is 6.04. The molecule has 32 heavy (non-hydrogen) atoms. The largest absolute Gasteiger partial charge is 0.458 e. The average molecular weight is 445 g/mol.